The van der Waals surface area contributed by atoms with Gasteiger partial charge in [-0.15, -0.1) is 11.3 Å². The maximum absolute atomic E-state index is 14.3. The minimum atomic E-state index is -0.265. The Bertz CT molecular complexity index is 706. The number of aryl methyl sites for hydroxylation is 2. The summed E-state index contributed by atoms with van der Waals surface area (Å²) in [4.78, 5) is 1.14. The molecule has 0 aliphatic rings. The lowest BCUT2D eigenvalue weighted by molar-refractivity contribution is 0.612. The molecule has 0 atom stereocenters. The molecule has 2 aromatic heterocycles. The van der Waals surface area contributed by atoms with Crippen LogP contribution >= 0.6 is 22.9 Å². The molecule has 5 heteroatoms. The highest BCUT2D eigenvalue weighted by Crippen LogP contribution is 2.25. The van der Waals surface area contributed by atoms with Gasteiger partial charge in [0.05, 0.1) is 10.0 Å². The number of hydrogen-bond acceptors (Lipinski definition) is 2. The molecule has 0 fully saturated rings. The van der Waals surface area contributed by atoms with E-state index >= 15 is 0 Å². The van der Waals surface area contributed by atoms with Gasteiger partial charge in [-0.1, -0.05) is 41.9 Å². The van der Waals surface area contributed by atoms with E-state index in [4.69, 9.17) is 11.6 Å². The van der Waals surface area contributed by atoms with Gasteiger partial charge in [-0.3, -0.25) is 5.10 Å². The average molecular weight is 307 g/mol. The largest absolute Gasteiger partial charge is 0.279 e. The van der Waals surface area contributed by atoms with Crippen LogP contribution in [0.25, 0.3) is 11.3 Å². The molecule has 102 valence electrons. The topological polar surface area (TPSA) is 28.7 Å². The van der Waals surface area contributed by atoms with E-state index in [0.29, 0.717) is 17.8 Å². The monoisotopic (exact) mass is 306 g/mol. The lowest BCUT2D eigenvalue weighted by Crippen LogP contribution is -1.92. The SMILES string of the molecule is Fc1c(-c2ccccc2)n[nH]c1CCc1ccc(Cl)s1. The van der Waals surface area contributed by atoms with Gasteiger partial charge in [0.15, 0.2) is 5.82 Å². The Labute approximate surface area is 125 Å². The summed E-state index contributed by atoms with van der Waals surface area (Å²) in [6, 6.07) is 13.2. The van der Waals surface area contributed by atoms with Crippen LogP contribution in [-0.2, 0) is 12.8 Å². The number of benzene rings is 1. The first-order valence-corrected chi connectivity index (χ1v) is 7.46. The van der Waals surface area contributed by atoms with Crippen LogP contribution in [0.3, 0.4) is 0 Å². The highest BCUT2D eigenvalue weighted by Gasteiger charge is 2.14. The molecule has 0 aliphatic heterocycles. The molecule has 0 saturated heterocycles. The van der Waals surface area contributed by atoms with Gasteiger partial charge in [-0.05, 0) is 25.0 Å². The summed E-state index contributed by atoms with van der Waals surface area (Å²) >= 11 is 7.41. The van der Waals surface area contributed by atoms with Gasteiger partial charge in [0.25, 0.3) is 0 Å². The van der Waals surface area contributed by atoms with Crippen LogP contribution in [0.5, 0.6) is 0 Å². The molecule has 0 radical (unpaired) electrons. The summed E-state index contributed by atoms with van der Waals surface area (Å²) in [5.41, 5.74) is 1.70. The van der Waals surface area contributed by atoms with Gasteiger partial charge in [0.1, 0.15) is 5.69 Å². The third-order valence-electron chi connectivity index (χ3n) is 3.07. The molecule has 0 saturated carbocycles. The lowest BCUT2D eigenvalue weighted by Gasteiger charge is -1.97. The Balaban J connectivity index is 1.77. The summed E-state index contributed by atoms with van der Waals surface area (Å²) in [7, 11) is 0. The van der Waals surface area contributed by atoms with Gasteiger partial charge in [0, 0.05) is 10.4 Å². The Morgan fingerprint density at radius 3 is 2.60 bits per heavy atom. The number of hydrogen-bond donors (Lipinski definition) is 1. The van der Waals surface area contributed by atoms with E-state index in [-0.39, 0.29) is 5.82 Å². The molecule has 0 spiro atoms. The van der Waals surface area contributed by atoms with Crippen molar-refractivity contribution in [3.05, 3.63) is 63.2 Å². The van der Waals surface area contributed by atoms with E-state index in [1.165, 1.54) is 11.3 Å². The molecular weight excluding hydrogens is 295 g/mol. The highest BCUT2D eigenvalue weighted by molar-refractivity contribution is 7.16. The highest BCUT2D eigenvalue weighted by atomic mass is 35.5. The second-order valence-corrected chi connectivity index (χ2v) is 6.24. The second-order valence-electron chi connectivity index (χ2n) is 4.44. The van der Waals surface area contributed by atoms with Crippen LogP contribution in [0.4, 0.5) is 4.39 Å². The van der Waals surface area contributed by atoms with Gasteiger partial charge < -0.3 is 0 Å². The zero-order chi connectivity index (χ0) is 13.9. The summed E-state index contributed by atoms with van der Waals surface area (Å²) in [5.74, 6) is -0.265. The third-order valence-corrected chi connectivity index (χ3v) is 4.36. The van der Waals surface area contributed by atoms with Crippen molar-refractivity contribution in [2.75, 3.05) is 0 Å². The van der Waals surface area contributed by atoms with Gasteiger partial charge >= 0.3 is 0 Å². The number of halogens is 2. The average Bonchev–Trinajstić information content (AvgIpc) is 3.04. The van der Waals surface area contributed by atoms with Crippen molar-refractivity contribution < 1.29 is 4.39 Å². The first-order chi connectivity index (χ1) is 9.74. The number of nitrogens with one attached hydrogen (secondary N) is 1. The van der Waals surface area contributed by atoms with E-state index in [0.717, 1.165) is 21.2 Å². The number of rotatable bonds is 4. The third kappa shape index (κ3) is 2.76. The fourth-order valence-electron chi connectivity index (χ4n) is 2.05. The molecule has 1 aromatic carbocycles. The van der Waals surface area contributed by atoms with Gasteiger partial charge in [-0.2, -0.15) is 5.10 Å². The summed E-state index contributed by atoms with van der Waals surface area (Å²) in [6.45, 7) is 0. The molecule has 1 N–H and O–H groups in total. The molecule has 0 amide bonds. The van der Waals surface area contributed by atoms with E-state index in [9.17, 15) is 4.39 Å². The van der Waals surface area contributed by atoms with Crippen molar-refractivity contribution >= 4 is 22.9 Å². The standard InChI is InChI=1S/C15H12ClFN2S/c16-13-9-7-11(20-13)6-8-12-14(17)15(19-18-12)10-4-2-1-3-5-10/h1-5,7,9H,6,8H2,(H,18,19). The van der Waals surface area contributed by atoms with Crippen molar-refractivity contribution in [3.63, 3.8) is 0 Å². The molecule has 3 rings (SSSR count). The smallest absolute Gasteiger partial charge is 0.171 e. The van der Waals surface area contributed by atoms with Crippen LogP contribution in [0.2, 0.25) is 4.34 Å². The molecule has 0 bridgehead atoms. The van der Waals surface area contributed by atoms with Crippen LogP contribution in [0.15, 0.2) is 42.5 Å². The normalized spacial score (nSPS) is 10.9. The van der Waals surface area contributed by atoms with Crippen LogP contribution < -0.4 is 0 Å². The number of aromatic amines is 1. The molecule has 0 unspecified atom stereocenters. The zero-order valence-electron chi connectivity index (χ0n) is 10.6. The summed E-state index contributed by atoms with van der Waals surface area (Å²) in [6.07, 6.45) is 1.34. The van der Waals surface area contributed by atoms with Crippen LogP contribution in [0.1, 0.15) is 10.6 Å². The molecule has 20 heavy (non-hydrogen) atoms. The minimum Gasteiger partial charge on any atom is -0.279 e. The summed E-state index contributed by atoms with van der Waals surface area (Å²) < 4.78 is 15.1. The first-order valence-electron chi connectivity index (χ1n) is 6.26. The predicted octanol–water partition coefficient (Wildman–Crippen LogP) is 4.72. The Morgan fingerprint density at radius 2 is 1.90 bits per heavy atom. The molecule has 0 aliphatic carbocycles. The first kappa shape index (κ1) is 13.3. The lowest BCUT2D eigenvalue weighted by atomic mass is 10.1. The zero-order valence-corrected chi connectivity index (χ0v) is 12.1. The molecule has 3 aromatic rings. The fraction of sp³-hybridized carbons (Fsp3) is 0.133. The van der Waals surface area contributed by atoms with E-state index in [1.807, 2.05) is 42.5 Å². The number of thiophene rings is 1. The number of aromatic nitrogens is 2. The molecule has 2 heterocycles. The van der Waals surface area contributed by atoms with Crippen LogP contribution in [0, 0.1) is 5.82 Å². The van der Waals surface area contributed by atoms with E-state index in [2.05, 4.69) is 10.2 Å². The molecule has 2 nitrogen and oxygen atoms in total. The maximum Gasteiger partial charge on any atom is 0.171 e. The van der Waals surface area contributed by atoms with Crippen molar-refractivity contribution in [3.8, 4) is 11.3 Å². The van der Waals surface area contributed by atoms with Gasteiger partial charge in [0.2, 0.25) is 0 Å². The Hall–Kier alpha value is -1.65. The van der Waals surface area contributed by atoms with E-state index in [1.54, 1.807) is 0 Å². The molecular formula is C15H12ClFN2S. The second kappa shape index (κ2) is 5.77. The maximum atomic E-state index is 14.3. The fourth-order valence-corrected chi connectivity index (χ4v) is 3.14. The van der Waals surface area contributed by atoms with Gasteiger partial charge in [-0.25, -0.2) is 4.39 Å². The summed E-state index contributed by atoms with van der Waals surface area (Å²) in [5, 5.41) is 6.88. The number of H-pyrrole nitrogens is 1. The minimum absolute atomic E-state index is 0.265. The van der Waals surface area contributed by atoms with E-state index < -0.39 is 0 Å². The number of nitrogens with zero attached hydrogens (tertiary/aromatic N) is 1. The quantitative estimate of drug-likeness (QED) is 0.742. The van der Waals surface area contributed by atoms with Crippen molar-refractivity contribution in [2.24, 2.45) is 0 Å². The Morgan fingerprint density at radius 1 is 1.10 bits per heavy atom. The van der Waals surface area contributed by atoms with Crippen molar-refractivity contribution in [1.82, 2.24) is 10.2 Å². The van der Waals surface area contributed by atoms with Crippen molar-refractivity contribution in [2.45, 2.75) is 12.8 Å². The van der Waals surface area contributed by atoms with Crippen molar-refractivity contribution in [1.29, 1.82) is 0 Å². The predicted molar refractivity (Wildman–Crippen MR) is 80.7 cm³/mol. The Kier molecular flexibility index (Phi) is 3.85. The van der Waals surface area contributed by atoms with Crippen LogP contribution in [-0.4, -0.2) is 10.2 Å².